The summed E-state index contributed by atoms with van der Waals surface area (Å²) in [4.78, 5) is 36.7. The van der Waals surface area contributed by atoms with Crippen molar-refractivity contribution in [3.05, 3.63) is 74.6 Å². The number of aliphatic hydroxyl groups excluding tert-OH is 1. The van der Waals surface area contributed by atoms with E-state index in [1.54, 1.807) is 24.3 Å². The van der Waals surface area contributed by atoms with Crippen LogP contribution in [0.15, 0.2) is 53.3 Å². The molecule has 2 atom stereocenters. The maximum absolute atomic E-state index is 13.0. The summed E-state index contributed by atoms with van der Waals surface area (Å²) in [5.74, 6) is -1.51. The van der Waals surface area contributed by atoms with Crippen molar-refractivity contribution in [2.45, 2.75) is 31.3 Å². The van der Waals surface area contributed by atoms with Gasteiger partial charge in [-0.1, -0.05) is 41.4 Å². The SMILES string of the molecule is NC(=O)OCC(CNC(=O)Cn1nc(-c2ccc(Cl)cc2)n(CC(O)C(F)(F)F)c1=O)c1ccccc1Cl. The average molecular weight is 576 g/mol. The van der Waals surface area contributed by atoms with Gasteiger partial charge in [0.1, 0.15) is 13.2 Å². The van der Waals surface area contributed by atoms with Gasteiger partial charge in [-0.05, 0) is 35.9 Å². The lowest BCUT2D eigenvalue weighted by atomic mass is 10.00. The lowest BCUT2D eigenvalue weighted by Crippen LogP contribution is -2.39. The van der Waals surface area contributed by atoms with Gasteiger partial charge in [-0.25, -0.2) is 14.3 Å². The maximum atomic E-state index is 13.0. The van der Waals surface area contributed by atoms with Crippen molar-refractivity contribution in [2.75, 3.05) is 13.2 Å². The van der Waals surface area contributed by atoms with Crippen LogP contribution in [0.1, 0.15) is 11.5 Å². The molecule has 2 amide bonds. The second-order valence-corrected chi connectivity index (χ2v) is 8.93. The number of rotatable bonds is 10. The van der Waals surface area contributed by atoms with Crippen LogP contribution in [0.3, 0.4) is 0 Å². The van der Waals surface area contributed by atoms with Crippen LogP contribution in [-0.2, 0) is 22.6 Å². The molecule has 0 saturated carbocycles. The normalized spacial score (nSPS) is 13.1. The number of ether oxygens (including phenoxy) is 1. The van der Waals surface area contributed by atoms with Gasteiger partial charge in [-0.3, -0.25) is 9.36 Å². The smallest absolute Gasteiger partial charge is 0.416 e. The van der Waals surface area contributed by atoms with Gasteiger partial charge in [0.05, 0.1) is 6.54 Å². The van der Waals surface area contributed by atoms with Crippen molar-refractivity contribution >= 4 is 35.2 Å². The zero-order valence-electron chi connectivity index (χ0n) is 19.5. The molecule has 15 heteroatoms. The summed E-state index contributed by atoms with van der Waals surface area (Å²) >= 11 is 12.1. The van der Waals surface area contributed by atoms with Crippen LogP contribution < -0.4 is 16.7 Å². The van der Waals surface area contributed by atoms with E-state index >= 15 is 0 Å². The van der Waals surface area contributed by atoms with E-state index in [1.807, 2.05) is 0 Å². The van der Waals surface area contributed by atoms with Crippen molar-refractivity contribution < 1.29 is 32.6 Å². The molecule has 4 N–H and O–H groups in total. The number of aliphatic hydroxyl groups is 1. The third-order valence-electron chi connectivity index (χ3n) is 5.37. The first kappa shape index (κ1) is 29.0. The van der Waals surface area contributed by atoms with Gasteiger partial charge < -0.3 is 20.9 Å². The Kier molecular flexibility index (Phi) is 9.41. The number of nitrogens with one attached hydrogen (secondary N) is 1. The third-order valence-corrected chi connectivity index (χ3v) is 5.97. The number of hydrogen-bond donors (Lipinski definition) is 3. The third kappa shape index (κ3) is 7.49. The molecule has 2 aromatic carbocycles. The van der Waals surface area contributed by atoms with Gasteiger partial charge in [0.15, 0.2) is 11.9 Å². The van der Waals surface area contributed by atoms with E-state index in [0.717, 1.165) is 0 Å². The molecule has 0 saturated heterocycles. The Morgan fingerprint density at radius 3 is 2.39 bits per heavy atom. The van der Waals surface area contributed by atoms with Crippen molar-refractivity contribution in [3.8, 4) is 11.4 Å². The molecule has 10 nitrogen and oxygen atoms in total. The van der Waals surface area contributed by atoms with Crippen LogP contribution in [0.25, 0.3) is 11.4 Å². The number of primary amides is 1. The van der Waals surface area contributed by atoms with Gasteiger partial charge in [-0.2, -0.15) is 13.2 Å². The fourth-order valence-corrected chi connectivity index (χ4v) is 3.89. The second kappa shape index (κ2) is 12.3. The number of benzene rings is 2. The standard InChI is InChI=1S/C23H22Cl2F3N5O5/c24-15-7-5-13(6-8-15)20-31-33(22(37)32(20)10-18(34)23(26,27)28)11-19(35)30-9-14(12-38-21(29)36)16-3-1-2-4-17(16)25/h1-8,14,18,34H,9-12H2,(H2,29,36)(H,30,35). The van der Waals surface area contributed by atoms with Crippen LogP contribution in [0, 0.1) is 0 Å². The molecule has 0 radical (unpaired) electrons. The summed E-state index contributed by atoms with van der Waals surface area (Å²) in [7, 11) is 0. The molecule has 0 aliphatic rings. The fourth-order valence-electron chi connectivity index (χ4n) is 3.47. The first-order valence-electron chi connectivity index (χ1n) is 11.0. The molecule has 0 aliphatic heterocycles. The Hall–Kier alpha value is -3.55. The van der Waals surface area contributed by atoms with Gasteiger partial charge >= 0.3 is 18.0 Å². The topological polar surface area (TPSA) is 141 Å². The number of nitrogens with two attached hydrogens (primary N) is 1. The molecule has 38 heavy (non-hydrogen) atoms. The molecule has 3 aromatic rings. The van der Waals surface area contributed by atoms with Gasteiger partial charge in [-0.15, -0.1) is 5.10 Å². The molecule has 1 heterocycles. The summed E-state index contributed by atoms with van der Waals surface area (Å²) in [6.07, 6.45) is -8.86. The first-order chi connectivity index (χ1) is 17.9. The zero-order valence-corrected chi connectivity index (χ0v) is 21.0. The number of halogens is 5. The summed E-state index contributed by atoms with van der Waals surface area (Å²) in [6.45, 7) is -2.08. The zero-order chi connectivity index (χ0) is 28.0. The predicted molar refractivity (Wildman–Crippen MR) is 132 cm³/mol. The van der Waals surface area contributed by atoms with Crippen LogP contribution >= 0.6 is 23.2 Å². The number of aromatic nitrogens is 3. The Bertz CT molecular complexity index is 1340. The first-order valence-corrected chi connectivity index (χ1v) is 11.7. The minimum Gasteiger partial charge on any atom is -0.449 e. The predicted octanol–water partition coefficient (Wildman–Crippen LogP) is 2.94. The van der Waals surface area contributed by atoms with E-state index in [4.69, 9.17) is 33.7 Å². The monoisotopic (exact) mass is 575 g/mol. The molecule has 204 valence electrons. The average Bonchev–Trinajstić information content (AvgIpc) is 3.14. The highest BCUT2D eigenvalue weighted by Crippen LogP contribution is 2.25. The Balaban J connectivity index is 1.83. The molecule has 0 fully saturated rings. The van der Waals surface area contributed by atoms with E-state index in [9.17, 15) is 32.7 Å². The molecule has 0 spiro atoms. The largest absolute Gasteiger partial charge is 0.449 e. The molecule has 1 aromatic heterocycles. The van der Waals surface area contributed by atoms with Crippen molar-refractivity contribution in [1.82, 2.24) is 19.7 Å². The van der Waals surface area contributed by atoms with Crippen LogP contribution in [0.5, 0.6) is 0 Å². The van der Waals surface area contributed by atoms with Gasteiger partial charge in [0.25, 0.3) is 0 Å². The summed E-state index contributed by atoms with van der Waals surface area (Å²) in [5.41, 5.74) is 4.79. The summed E-state index contributed by atoms with van der Waals surface area (Å²) < 4.78 is 45.2. The van der Waals surface area contributed by atoms with E-state index in [2.05, 4.69) is 10.4 Å². The molecule has 2 unspecified atom stereocenters. The van der Waals surface area contributed by atoms with E-state index < -0.39 is 49.0 Å². The Labute approximate surface area is 223 Å². The van der Waals surface area contributed by atoms with E-state index in [1.165, 1.54) is 24.3 Å². The fraction of sp³-hybridized carbons (Fsp3) is 0.304. The summed E-state index contributed by atoms with van der Waals surface area (Å²) in [6, 6.07) is 12.4. The van der Waals surface area contributed by atoms with Gasteiger partial charge in [0.2, 0.25) is 5.91 Å². The number of carbonyl (C=O) groups is 2. The van der Waals surface area contributed by atoms with Crippen molar-refractivity contribution in [2.24, 2.45) is 5.73 Å². The highest BCUT2D eigenvalue weighted by atomic mass is 35.5. The van der Waals surface area contributed by atoms with Crippen LogP contribution in [-0.4, -0.2) is 56.9 Å². The second-order valence-electron chi connectivity index (χ2n) is 8.09. The number of nitrogens with zero attached hydrogens (tertiary/aromatic N) is 3. The minimum absolute atomic E-state index is 0.0812. The number of alkyl halides is 3. The minimum atomic E-state index is -4.99. The number of amides is 2. The lowest BCUT2D eigenvalue weighted by Gasteiger charge is -2.18. The lowest BCUT2D eigenvalue weighted by molar-refractivity contribution is -0.207. The quantitative estimate of drug-likeness (QED) is 0.339. The van der Waals surface area contributed by atoms with Gasteiger partial charge in [0, 0.05) is 28.1 Å². The van der Waals surface area contributed by atoms with E-state index in [0.29, 0.717) is 24.9 Å². The maximum Gasteiger partial charge on any atom is 0.416 e. The van der Waals surface area contributed by atoms with Crippen LogP contribution in [0.4, 0.5) is 18.0 Å². The highest BCUT2D eigenvalue weighted by molar-refractivity contribution is 6.31. The molecular formula is C23H22Cl2F3N5O5. The number of hydrogen-bond acceptors (Lipinski definition) is 6. The molecular weight excluding hydrogens is 554 g/mol. The molecule has 0 aliphatic carbocycles. The molecule has 3 rings (SSSR count). The number of carbonyl (C=O) groups excluding carboxylic acids is 2. The summed E-state index contributed by atoms with van der Waals surface area (Å²) in [5, 5.41) is 16.8. The Morgan fingerprint density at radius 1 is 1.13 bits per heavy atom. The highest BCUT2D eigenvalue weighted by Gasteiger charge is 2.39. The van der Waals surface area contributed by atoms with E-state index in [-0.39, 0.29) is 24.5 Å². The van der Waals surface area contributed by atoms with Crippen molar-refractivity contribution in [1.29, 1.82) is 0 Å². The van der Waals surface area contributed by atoms with Crippen molar-refractivity contribution in [3.63, 3.8) is 0 Å². The van der Waals surface area contributed by atoms with Crippen LogP contribution in [0.2, 0.25) is 10.0 Å². The molecule has 0 bridgehead atoms. The Morgan fingerprint density at radius 2 is 1.79 bits per heavy atom.